The van der Waals surface area contributed by atoms with Crippen molar-refractivity contribution in [2.75, 3.05) is 18.4 Å². The fourth-order valence-corrected chi connectivity index (χ4v) is 5.47. The van der Waals surface area contributed by atoms with Gasteiger partial charge in [0.25, 0.3) is 0 Å². The molecule has 1 heterocycles. The van der Waals surface area contributed by atoms with Gasteiger partial charge in [0.15, 0.2) is 0 Å². The van der Waals surface area contributed by atoms with Crippen LogP contribution in [-0.4, -0.2) is 31.9 Å². The number of hydrogen-bond acceptors (Lipinski definition) is 4. The first kappa shape index (κ1) is 20.1. The highest BCUT2D eigenvalue weighted by Gasteiger charge is 2.40. The van der Waals surface area contributed by atoms with E-state index in [1.54, 1.807) is 24.3 Å². The van der Waals surface area contributed by atoms with Crippen LogP contribution < -0.4 is 5.32 Å². The molecule has 4 rings (SSSR count). The maximum absolute atomic E-state index is 13.3. The van der Waals surface area contributed by atoms with Crippen LogP contribution in [0.1, 0.15) is 17.0 Å². The van der Waals surface area contributed by atoms with Crippen molar-refractivity contribution in [3.63, 3.8) is 0 Å². The van der Waals surface area contributed by atoms with Gasteiger partial charge in [-0.3, -0.25) is 0 Å². The summed E-state index contributed by atoms with van der Waals surface area (Å²) in [6.45, 7) is 0.518. The molecule has 0 spiro atoms. The van der Waals surface area contributed by atoms with E-state index in [4.69, 9.17) is 0 Å². The number of rotatable bonds is 5. The molecule has 30 heavy (non-hydrogen) atoms. The summed E-state index contributed by atoms with van der Waals surface area (Å²) in [4.78, 5) is 0.0155. The van der Waals surface area contributed by atoms with Crippen molar-refractivity contribution < 1.29 is 12.8 Å². The third-order valence-corrected chi connectivity index (χ3v) is 7.23. The number of hydrogen-bond donors (Lipinski definition) is 1. The molecule has 7 heteroatoms. The van der Waals surface area contributed by atoms with Crippen LogP contribution >= 0.6 is 0 Å². The fraction of sp³-hybridized carbons (Fsp3) is 0.174. The minimum atomic E-state index is -3.84. The summed E-state index contributed by atoms with van der Waals surface area (Å²) in [6, 6.07) is 23.7. The van der Waals surface area contributed by atoms with Gasteiger partial charge in [0.05, 0.1) is 10.5 Å². The van der Waals surface area contributed by atoms with Gasteiger partial charge in [0.2, 0.25) is 10.0 Å². The molecule has 0 aromatic heterocycles. The number of anilines is 1. The molecule has 1 saturated heterocycles. The van der Waals surface area contributed by atoms with E-state index in [1.807, 2.05) is 36.4 Å². The normalized spacial score (nSPS) is 19.3. The van der Waals surface area contributed by atoms with Crippen LogP contribution in [0.4, 0.5) is 10.1 Å². The first-order chi connectivity index (χ1) is 14.5. The zero-order chi connectivity index (χ0) is 21.1. The third kappa shape index (κ3) is 3.92. The average molecular weight is 421 g/mol. The summed E-state index contributed by atoms with van der Waals surface area (Å²) in [6.07, 6.45) is 0. The lowest BCUT2D eigenvalue weighted by Crippen LogP contribution is -2.32. The number of nitrogens with zero attached hydrogens (tertiary/aromatic N) is 2. The number of nitriles is 1. The summed E-state index contributed by atoms with van der Waals surface area (Å²) < 4.78 is 41.4. The van der Waals surface area contributed by atoms with Crippen LogP contribution in [0, 0.1) is 17.1 Å². The summed E-state index contributed by atoms with van der Waals surface area (Å²) in [5.41, 5.74) is 1.87. The summed E-state index contributed by atoms with van der Waals surface area (Å²) >= 11 is 0. The Morgan fingerprint density at radius 2 is 1.60 bits per heavy atom. The number of nitrogens with one attached hydrogen (secondary N) is 1. The maximum Gasteiger partial charge on any atom is 0.244 e. The molecule has 1 aliphatic rings. The Bertz CT molecular complexity index is 1180. The maximum atomic E-state index is 13.3. The van der Waals surface area contributed by atoms with Crippen LogP contribution in [-0.2, 0) is 10.0 Å². The van der Waals surface area contributed by atoms with Gasteiger partial charge in [-0.25, -0.2) is 12.8 Å². The molecule has 0 saturated carbocycles. The van der Waals surface area contributed by atoms with E-state index in [1.165, 1.54) is 28.6 Å². The molecule has 5 nitrogen and oxygen atoms in total. The molecule has 3 aromatic rings. The van der Waals surface area contributed by atoms with Gasteiger partial charge in [-0.05, 0) is 42.0 Å². The van der Waals surface area contributed by atoms with E-state index >= 15 is 0 Å². The van der Waals surface area contributed by atoms with Crippen LogP contribution in [0.3, 0.4) is 0 Å². The smallest absolute Gasteiger partial charge is 0.244 e. The highest BCUT2D eigenvalue weighted by atomic mass is 32.2. The van der Waals surface area contributed by atoms with Crippen LogP contribution in [0.25, 0.3) is 0 Å². The Morgan fingerprint density at radius 1 is 0.933 bits per heavy atom. The average Bonchev–Trinajstić information content (AvgIpc) is 3.20. The van der Waals surface area contributed by atoms with Crippen LogP contribution in [0.15, 0.2) is 83.8 Å². The van der Waals surface area contributed by atoms with Gasteiger partial charge >= 0.3 is 0 Å². The fourth-order valence-electron chi connectivity index (χ4n) is 3.83. The topological polar surface area (TPSA) is 73.2 Å². The van der Waals surface area contributed by atoms with E-state index in [-0.39, 0.29) is 41.3 Å². The molecular formula is C23H20FN3O2S. The predicted molar refractivity (Wildman–Crippen MR) is 113 cm³/mol. The molecule has 0 aliphatic carbocycles. The van der Waals surface area contributed by atoms with Gasteiger partial charge in [-0.15, -0.1) is 0 Å². The summed E-state index contributed by atoms with van der Waals surface area (Å²) in [5.74, 6) is -0.427. The van der Waals surface area contributed by atoms with Gasteiger partial charge in [0.1, 0.15) is 11.9 Å². The second-order valence-electron chi connectivity index (χ2n) is 7.20. The van der Waals surface area contributed by atoms with Gasteiger partial charge in [-0.2, -0.15) is 9.57 Å². The quantitative estimate of drug-likeness (QED) is 0.677. The molecule has 0 radical (unpaired) electrons. The summed E-state index contributed by atoms with van der Waals surface area (Å²) in [7, 11) is -3.84. The number of halogens is 1. The third-order valence-electron chi connectivity index (χ3n) is 5.34. The zero-order valence-electron chi connectivity index (χ0n) is 16.1. The van der Waals surface area contributed by atoms with Gasteiger partial charge < -0.3 is 5.32 Å². The van der Waals surface area contributed by atoms with Crippen molar-refractivity contribution in [3.8, 4) is 6.07 Å². The van der Waals surface area contributed by atoms with Crippen molar-refractivity contribution in [3.05, 3.63) is 95.8 Å². The lowest BCUT2D eigenvalue weighted by molar-refractivity contribution is 0.471. The van der Waals surface area contributed by atoms with E-state index in [9.17, 15) is 18.1 Å². The largest absolute Gasteiger partial charge is 0.380 e. The molecular weight excluding hydrogens is 401 g/mol. The van der Waals surface area contributed by atoms with E-state index in [0.29, 0.717) is 0 Å². The van der Waals surface area contributed by atoms with Crippen LogP contribution in [0.5, 0.6) is 0 Å². The van der Waals surface area contributed by atoms with Crippen molar-refractivity contribution >= 4 is 15.7 Å². The Morgan fingerprint density at radius 3 is 2.30 bits per heavy atom. The van der Waals surface area contributed by atoms with E-state index < -0.39 is 10.0 Å². The molecule has 2 unspecified atom stereocenters. The molecule has 3 aromatic carbocycles. The first-order valence-electron chi connectivity index (χ1n) is 9.55. The monoisotopic (exact) mass is 421 g/mol. The Hall–Kier alpha value is -3.21. The second-order valence-corrected chi connectivity index (χ2v) is 9.11. The number of benzene rings is 3. The molecule has 1 N–H and O–H groups in total. The minimum absolute atomic E-state index is 0.0155. The molecule has 1 aliphatic heterocycles. The Kier molecular flexibility index (Phi) is 5.53. The lowest BCUT2D eigenvalue weighted by atomic mass is 9.94. The molecule has 0 bridgehead atoms. The Labute approximate surface area is 175 Å². The van der Waals surface area contributed by atoms with Crippen molar-refractivity contribution in [2.45, 2.75) is 16.9 Å². The number of sulfonamides is 1. The highest BCUT2D eigenvalue weighted by molar-refractivity contribution is 7.89. The predicted octanol–water partition coefficient (Wildman–Crippen LogP) is 3.97. The lowest BCUT2D eigenvalue weighted by Gasteiger charge is -2.21. The van der Waals surface area contributed by atoms with E-state index in [2.05, 4.69) is 5.32 Å². The van der Waals surface area contributed by atoms with Crippen molar-refractivity contribution in [1.82, 2.24) is 4.31 Å². The van der Waals surface area contributed by atoms with Gasteiger partial charge in [0, 0.05) is 30.7 Å². The van der Waals surface area contributed by atoms with Crippen molar-refractivity contribution in [1.29, 1.82) is 5.26 Å². The van der Waals surface area contributed by atoms with E-state index in [0.717, 1.165) is 11.3 Å². The highest BCUT2D eigenvalue weighted by Crippen LogP contribution is 2.34. The molecule has 2 atom stereocenters. The Balaban J connectivity index is 1.68. The van der Waals surface area contributed by atoms with Gasteiger partial charge in [-0.1, -0.05) is 42.5 Å². The summed E-state index contributed by atoms with van der Waals surface area (Å²) in [5, 5.41) is 12.7. The van der Waals surface area contributed by atoms with Crippen LogP contribution in [0.2, 0.25) is 0 Å². The molecule has 1 fully saturated rings. The first-order valence-corrected chi connectivity index (χ1v) is 11.0. The minimum Gasteiger partial charge on any atom is -0.380 e. The standard InChI is InChI=1S/C23H20FN3O2S/c24-19-10-12-20(13-11-19)26-22-16-27(15-21(22)17-6-2-1-3-7-17)30(28,29)23-9-5-4-8-18(23)14-25/h1-13,21-22,26H,15-16H2. The van der Waals surface area contributed by atoms with Crippen molar-refractivity contribution in [2.24, 2.45) is 0 Å². The molecule has 152 valence electrons. The molecule has 0 amide bonds. The SMILES string of the molecule is N#Cc1ccccc1S(=O)(=O)N1CC(Nc2ccc(F)cc2)C(c2ccccc2)C1. The second kappa shape index (κ2) is 8.27. The zero-order valence-corrected chi connectivity index (χ0v) is 16.9.